The number of H-pyrrole nitrogens is 1. The van der Waals surface area contributed by atoms with E-state index < -0.39 is 0 Å². The molecule has 8 nitrogen and oxygen atoms in total. The minimum absolute atomic E-state index is 0.138. The molecule has 1 amide bonds. The third-order valence-corrected chi connectivity index (χ3v) is 7.06. The maximum Gasteiger partial charge on any atom is 0.222 e. The summed E-state index contributed by atoms with van der Waals surface area (Å²) in [5, 5.41) is 2.27. The van der Waals surface area contributed by atoms with Gasteiger partial charge in [0.1, 0.15) is 5.65 Å². The summed E-state index contributed by atoms with van der Waals surface area (Å²) in [4.78, 5) is 29.7. The highest BCUT2D eigenvalue weighted by Crippen LogP contribution is 2.34. The minimum Gasteiger partial charge on any atom is -0.382 e. The molecule has 2 fully saturated rings. The van der Waals surface area contributed by atoms with Crippen LogP contribution in [0.25, 0.3) is 21.9 Å². The average Bonchev–Trinajstić information content (AvgIpc) is 3.34. The Bertz CT molecular complexity index is 1090. The summed E-state index contributed by atoms with van der Waals surface area (Å²) in [6.07, 6.45) is 10.5. The Balaban J connectivity index is 1.19. The summed E-state index contributed by atoms with van der Waals surface area (Å²) < 4.78 is 11.0. The predicted molar refractivity (Wildman–Crippen MR) is 128 cm³/mol. The van der Waals surface area contributed by atoms with Crippen LogP contribution >= 0.6 is 0 Å². The number of aromatic nitrogens is 3. The molecule has 2 saturated heterocycles. The first-order chi connectivity index (χ1) is 16.2. The van der Waals surface area contributed by atoms with E-state index in [1.165, 1.54) is 5.69 Å². The molecule has 0 aromatic carbocycles. The number of aromatic amines is 1. The Labute approximate surface area is 194 Å². The normalized spacial score (nSPS) is 20.1. The van der Waals surface area contributed by atoms with Gasteiger partial charge in [-0.1, -0.05) is 0 Å². The van der Waals surface area contributed by atoms with E-state index in [0.29, 0.717) is 32.1 Å². The lowest BCUT2D eigenvalue weighted by molar-refractivity contribution is -0.136. The first-order valence-electron chi connectivity index (χ1n) is 12.1. The number of piperidine rings is 2. The molecule has 2 aliphatic rings. The van der Waals surface area contributed by atoms with Crippen molar-refractivity contribution in [3.8, 4) is 0 Å². The summed E-state index contributed by atoms with van der Waals surface area (Å²) in [5.74, 6) is 0.716. The van der Waals surface area contributed by atoms with E-state index in [2.05, 4.69) is 32.0 Å². The molecule has 0 radical (unpaired) electrons. The van der Waals surface area contributed by atoms with Crippen molar-refractivity contribution in [1.29, 1.82) is 0 Å². The maximum atomic E-state index is 13.0. The number of amides is 1. The largest absolute Gasteiger partial charge is 0.382 e. The molecule has 176 valence electrons. The number of likely N-dealkylation sites (tertiary alicyclic amines) is 1. The van der Waals surface area contributed by atoms with Gasteiger partial charge in [0, 0.05) is 68.6 Å². The third kappa shape index (κ3) is 4.82. The first-order valence-corrected chi connectivity index (χ1v) is 12.1. The zero-order chi connectivity index (χ0) is 22.6. The molecule has 5 heterocycles. The van der Waals surface area contributed by atoms with E-state index in [1.54, 1.807) is 7.11 Å². The molecule has 0 saturated carbocycles. The van der Waals surface area contributed by atoms with Crippen LogP contribution in [0.3, 0.4) is 0 Å². The van der Waals surface area contributed by atoms with Gasteiger partial charge in [0.05, 0.1) is 31.0 Å². The number of nitrogens with one attached hydrogen (secondary N) is 1. The molecule has 0 aliphatic carbocycles. The number of anilines is 1. The van der Waals surface area contributed by atoms with Crippen LogP contribution in [-0.4, -0.2) is 78.4 Å². The summed E-state index contributed by atoms with van der Waals surface area (Å²) in [6, 6.07) is 4.18. The van der Waals surface area contributed by atoms with Crippen LogP contribution in [0.15, 0.2) is 30.7 Å². The van der Waals surface area contributed by atoms with Gasteiger partial charge in [-0.25, -0.2) is 4.98 Å². The van der Waals surface area contributed by atoms with Gasteiger partial charge in [-0.3, -0.25) is 9.78 Å². The van der Waals surface area contributed by atoms with Gasteiger partial charge < -0.3 is 24.3 Å². The molecule has 0 spiro atoms. The van der Waals surface area contributed by atoms with E-state index in [4.69, 9.17) is 9.47 Å². The van der Waals surface area contributed by atoms with Gasteiger partial charge in [-0.15, -0.1) is 0 Å². The van der Waals surface area contributed by atoms with Crippen molar-refractivity contribution in [2.45, 2.75) is 38.2 Å². The fraction of sp³-hybridized carbons (Fsp3) is 0.560. The van der Waals surface area contributed by atoms with Crippen LogP contribution in [0.1, 0.15) is 32.1 Å². The Morgan fingerprint density at radius 3 is 2.88 bits per heavy atom. The highest BCUT2D eigenvalue weighted by molar-refractivity contribution is 6.09. The minimum atomic E-state index is 0.138. The first kappa shape index (κ1) is 22.1. The highest BCUT2D eigenvalue weighted by atomic mass is 16.5. The van der Waals surface area contributed by atoms with Gasteiger partial charge in [0.25, 0.3) is 0 Å². The van der Waals surface area contributed by atoms with E-state index in [1.807, 2.05) is 23.5 Å². The SMILES string of the molecule is COCCOC1CCCN(C(=O)CC2CCN(c3ccnc4cnc5[nH]ccc5c34)CC2)C1. The second kappa shape index (κ2) is 10.1. The van der Waals surface area contributed by atoms with E-state index >= 15 is 0 Å². The molecule has 1 atom stereocenters. The lowest BCUT2D eigenvalue weighted by Gasteiger charge is -2.36. The van der Waals surface area contributed by atoms with E-state index in [0.717, 1.165) is 67.3 Å². The van der Waals surface area contributed by atoms with Crippen molar-refractivity contribution >= 4 is 33.5 Å². The van der Waals surface area contributed by atoms with Crippen molar-refractivity contribution in [3.05, 3.63) is 30.7 Å². The predicted octanol–water partition coefficient (Wildman–Crippen LogP) is 3.37. The molecule has 1 N–H and O–H groups in total. The van der Waals surface area contributed by atoms with Crippen LogP contribution in [0, 0.1) is 5.92 Å². The second-order valence-corrected chi connectivity index (χ2v) is 9.19. The average molecular weight is 452 g/mol. The van der Waals surface area contributed by atoms with Crippen molar-refractivity contribution in [1.82, 2.24) is 19.9 Å². The molecule has 3 aromatic heterocycles. The summed E-state index contributed by atoms with van der Waals surface area (Å²) in [6.45, 7) is 4.66. The lowest BCUT2D eigenvalue weighted by atomic mass is 9.92. The molecule has 5 rings (SSSR count). The Morgan fingerprint density at radius 2 is 2.03 bits per heavy atom. The van der Waals surface area contributed by atoms with Crippen LogP contribution in [0.4, 0.5) is 5.69 Å². The summed E-state index contributed by atoms with van der Waals surface area (Å²) in [7, 11) is 1.68. The van der Waals surface area contributed by atoms with Gasteiger partial charge in [0.15, 0.2) is 0 Å². The van der Waals surface area contributed by atoms with E-state index in [-0.39, 0.29) is 12.0 Å². The number of rotatable bonds is 7. The fourth-order valence-corrected chi connectivity index (χ4v) is 5.25. The molecule has 0 bridgehead atoms. The second-order valence-electron chi connectivity index (χ2n) is 9.19. The number of ether oxygens (including phenoxy) is 2. The molecule has 33 heavy (non-hydrogen) atoms. The number of nitrogens with zero attached hydrogens (tertiary/aromatic N) is 4. The maximum absolute atomic E-state index is 13.0. The van der Waals surface area contributed by atoms with Crippen LogP contribution in [0.2, 0.25) is 0 Å². The number of carbonyl (C=O) groups is 1. The summed E-state index contributed by atoms with van der Waals surface area (Å²) in [5.41, 5.74) is 3.02. The van der Waals surface area contributed by atoms with Crippen LogP contribution in [0.5, 0.6) is 0 Å². The number of hydrogen-bond donors (Lipinski definition) is 1. The summed E-state index contributed by atoms with van der Waals surface area (Å²) >= 11 is 0. The van der Waals surface area contributed by atoms with Crippen molar-refractivity contribution in [3.63, 3.8) is 0 Å². The Morgan fingerprint density at radius 1 is 1.15 bits per heavy atom. The van der Waals surface area contributed by atoms with Gasteiger partial charge in [-0.05, 0) is 43.7 Å². The van der Waals surface area contributed by atoms with Crippen molar-refractivity contribution in [2.24, 2.45) is 5.92 Å². The van der Waals surface area contributed by atoms with E-state index in [9.17, 15) is 4.79 Å². The van der Waals surface area contributed by atoms with Crippen LogP contribution < -0.4 is 4.90 Å². The molecular weight excluding hydrogens is 418 g/mol. The number of carbonyl (C=O) groups excluding carboxylic acids is 1. The fourth-order valence-electron chi connectivity index (χ4n) is 5.25. The molecule has 1 unspecified atom stereocenters. The van der Waals surface area contributed by atoms with Gasteiger partial charge in [0.2, 0.25) is 5.91 Å². The van der Waals surface area contributed by atoms with Gasteiger partial charge >= 0.3 is 0 Å². The molecular formula is C25H33N5O3. The van der Waals surface area contributed by atoms with Crippen molar-refractivity contribution in [2.75, 3.05) is 51.4 Å². The molecule has 3 aromatic rings. The standard InChI is InChI=1S/C25H33N5O3/c1-32-13-14-33-19-3-2-10-30(17-19)23(31)15-18-6-11-29(12-7-18)22-5-9-26-21-16-28-25-20(24(21)22)4-8-27-25/h4-5,8-9,16,18-19H,2-3,6-7,10-15,17H2,1H3,(H,27,28). The molecule has 8 heteroatoms. The number of hydrogen-bond acceptors (Lipinski definition) is 6. The quantitative estimate of drug-likeness (QED) is 0.555. The number of fused-ring (bicyclic) bond motifs is 3. The van der Waals surface area contributed by atoms with Crippen LogP contribution in [-0.2, 0) is 14.3 Å². The topological polar surface area (TPSA) is 83.6 Å². The third-order valence-electron chi connectivity index (χ3n) is 7.06. The van der Waals surface area contributed by atoms with Crippen molar-refractivity contribution < 1.29 is 14.3 Å². The lowest BCUT2D eigenvalue weighted by Crippen LogP contribution is -2.44. The monoisotopic (exact) mass is 451 g/mol. The number of pyridine rings is 2. The highest BCUT2D eigenvalue weighted by Gasteiger charge is 2.28. The van der Waals surface area contributed by atoms with Gasteiger partial charge in [-0.2, -0.15) is 0 Å². The smallest absolute Gasteiger partial charge is 0.222 e. The number of methoxy groups -OCH3 is 1. The Hall–Kier alpha value is -2.71. The Kier molecular flexibility index (Phi) is 6.73. The zero-order valence-electron chi connectivity index (χ0n) is 19.3. The zero-order valence-corrected chi connectivity index (χ0v) is 19.3. The molecule has 2 aliphatic heterocycles.